The van der Waals surface area contributed by atoms with E-state index in [1.165, 1.54) is 12.1 Å². The van der Waals surface area contributed by atoms with E-state index in [1.54, 1.807) is 12.1 Å². The van der Waals surface area contributed by atoms with Crippen molar-refractivity contribution in [3.63, 3.8) is 0 Å². The van der Waals surface area contributed by atoms with Crippen LogP contribution in [0.3, 0.4) is 0 Å². The fourth-order valence-electron chi connectivity index (χ4n) is 3.23. The van der Waals surface area contributed by atoms with E-state index in [0.717, 1.165) is 36.1 Å². The van der Waals surface area contributed by atoms with Gasteiger partial charge in [0.2, 0.25) is 0 Å². The van der Waals surface area contributed by atoms with Crippen molar-refractivity contribution >= 4 is 44.9 Å². The Morgan fingerprint density at radius 1 is 1.15 bits per heavy atom. The molecule has 2 aromatic rings. The van der Waals surface area contributed by atoms with Crippen LogP contribution in [0.25, 0.3) is 0 Å². The second-order valence-electron chi connectivity index (χ2n) is 6.54. The molecule has 0 aliphatic heterocycles. The van der Waals surface area contributed by atoms with Crippen molar-refractivity contribution < 1.29 is 23.1 Å². The number of fused-ring (bicyclic) bond motifs is 1. The lowest BCUT2D eigenvalue weighted by Gasteiger charge is -2.30. The standard InChI is InChI=1S/C19H14BrCl2F3O2/c20-16-4-2-10-5-11(1-3-15(10)16)17(26)9-18(27,19(23,24)25)12-6-13(21)8-14(22)7-12/h1,3,5-8,16,27H,2,4,9H2/t16?,18-/m1/s1. The van der Waals surface area contributed by atoms with Crippen LogP contribution in [-0.4, -0.2) is 17.1 Å². The van der Waals surface area contributed by atoms with Crippen molar-refractivity contribution in [2.24, 2.45) is 0 Å². The molecule has 0 fully saturated rings. The Hall–Kier alpha value is -1.08. The number of rotatable bonds is 4. The SMILES string of the molecule is O=C(C[C@@](O)(c1cc(Cl)cc(Cl)c1)C(F)(F)F)c1ccc2c(c1)CCC2Br. The van der Waals surface area contributed by atoms with Crippen molar-refractivity contribution in [1.82, 2.24) is 0 Å². The number of benzene rings is 2. The first kappa shape index (κ1) is 20.6. The number of aryl methyl sites for hydroxylation is 1. The Labute approximate surface area is 172 Å². The predicted octanol–water partition coefficient (Wildman–Crippen LogP) is 6.40. The van der Waals surface area contributed by atoms with Crippen LogP contribution < -0.4 is 0 Å². The first-order valence-electron chi connectivity index (χ1n) is 8.07. The highest BCUT2D eigenvalue weighted by atomic mass is 79.9. The van der Waals surface area contributed by atoms with E-state index in [0.29, 0.717) is 0 Å². The van der Waals surface area contributed by atoms with Crippen LogP contribution in [0.15, 0.2) is 36.4 Å². The van der Waals surface area contributed by atoms with E-state index < -0.39 is 29.5 Å². The molecule has 27 heavy (non-hydrogen) atoms. The molecule has 2 atom stereocenters. The lowest BCUT2D eigenvalue weighted by molar-refractivity contribution is -0.264. The van der Waals surface area contributed by atoms with Crippen molar-refractivity contribution in [2.45, 2.75) is 35.9 Å². The third-order valence-corrected chi connectivity index (χ3v) is 6.08. The fraction of sp³-hybridized carbons (Fsp3) is 0.316. The topological polar surface area (TPSA) is 37.3 Å². The van der Waals surface area contributed by atoms with E-state index in [1.807, 2.05) is 0 Å². The third-order valence-electron chi connectivity index (χ3n) is 4.69. The van der Waals surface area contributed by atoms with Gasteiger partial charge in [0.15, 0.2) is 11.4 Å². The average Bonchev–Trinajstić information content (AvgIpc) is 2.93. The van der Waals surface area contributed by atoms with Gasteiger partial charge in [0.05, 0.1) is 6.42 Å². The summed E-state index contributed by atoms with van der Waals surface area (Å²) in [6, 6.07) is 8.00. The summed E-state index contributed by atoms with van der Waals surface area (Å²) < 4.78 is 41.1. The highest BCUT2D eigenvalue weighted by Gasteiger charge is 2.56. The minimum atomic E-state index is -5.09. The fourth-order valence-corrected chi connectivity index (χ4v) is 4.43. The van der Waals surface area contributed by atoms with Crippen LogP contribution in [0, 0.1) is 0 Å². The molecule has 0 aromatic heterocycles. The largest absolute Gasteiger partial charge is 0.421 e. The Morgan fingerprint density at radius 2 is 1.78 bits per heavy atom. The van der Waals surface area contributed by atoms with Crippen molar-refractivity contribution in [3.05, 3.63) is 68.7 Å². The summed E-state index contributed by atoms with van der Waals surface area (Å²) in [7, 11) is 0. The van der Waals surface area contributed by atoms with Gasteiger partial charge in [-0.05, 0) is 53.8 Å². The van der Waals surface area contributed by atoms with E-state index in [-0.39, 0.29) is 20.4 Å². The van der Waals surface area contributed by atoms with Crippen molar-refractivity contribution in [2.75, 3.05) is 0 Å². The molecule has 8 heteroatoms. The van der Waals surface area contributed by atoms with Gasteiger partial charge in [0, 0.05) is 20.4 Å². The zero-order chi connectivity index (χ0) is 20.0. The molecule has 1 N–H and O–H groups in total. The summed E-state index contributed by atoms with van der Waals surface area (Å²) in [5, 5.41) is 10.3. The molecule has 2 aromatic carbocycles. The molecule has 1 aliphatic rings. The van der Waals surface area contributed by atoms with E-state index in [2.05, 4.69) is 15.9 Å². The van der Waals surface area contributed by atoms with E-state index in [4.69, 9.17) is 23.2 Å². The smallest absolute Gasteiger partial charge is 0.376 e. The number of halogens is 6. The maximum Gasteiger partial charge on any atom is 0.421 e. The molecule has 0 heterocycles. The lowest BCUT2D eigenvalue weighted by Crippen LogP contribution is -2.44. The first-order valence-corrected chi connectivity index (χ1v) is 9.74. The van der Waals surface area contributed by atoms with Crippen LogP contribution in [0.5, 0.6) is 0 Å². The Morgan fingerprint density at radius 3 is 2.37 bits per heavy atom. The number of hydrogen-bond acceptors (Lipinski definition) is 2. The van der Waals surface area contributed by atoms with Crippen molar-refractivity contribution in [3.8, 4) is 0 Å². The predicted molar refractivity (Wildman–Crippen MR) is 102 cm³/mol. The molecule has 144 valence electrons. The maximum absolute atomic E-state index is 13.7. The number of carbonyl (C=O) groups excluding carboxylic acids is 1. The summed E-state index contributed by atoms with van der Waals surface area (Å²) in [6.07, 6.45) is -4.65. The molecule has 1 unspecified atom stereocenters. The van der Waals surface area contributed by atoms with Gasteiger partial charge in [-0.2, -0.15) is 13.2 Å². The van der Waals surface area contributed by atoms with Gasteiger partial charge in [0.25, 0.3) is 0 Å². The number of hydrogen-bond donors (Lipinski definition) is 1. The zero-order valence-corrected chi connectivity index (χ0v) is 16.9. The monoisotopic (exact) mass is 480 g/mol. The molecule has 0 radical (unpaired) electrons. The number of alkyl halides is 4. The second kappa shape index (κ2) is 7.39. The minimum Gasteiger partial charge on any atom is -0.376 e. The summed E-state index contributed by atoms with van der Waals surface area (Å²) in [4.78, 5) is 12.8. The van der Waals surface area contributed by atoms with Crippen LogP contribution in [0.2, 0.25) is 10.0 Å². The molecule has 3 rings (SSSR count). The number of Topliss-reactive ketones (excluding diaryl/α,β-unsaturated/α-hetero) is 1. The van der Waals surface area contributed by atoms with Gasteiger partial charge in [-0.1, -0.05) is 51.3 Å². The molecule has 0 saturated carbocycles. The van der Waals surface area contributed by atoms with Gasteiger partial charge in [-0.3, -0.25) is 4.79 Å². The van der Waals surface area contributed by atoms with Gasteiger partial charge in [0.1, 0.15) is 0 Å². The average molecular weight is 482 g/mol. The van der Waals surface area contributed by atoms with E-state index >= 15 is 0 Å². The third kappa shape index (κ3) is 4.04. The maximum atomic E-state index is 13.7. The van der Waals surface area contributed by atoms with Crippen molar-refractivity contribution in [1.29, 1.82) is 0 Å². The summed E-state index contributed by atoms with van der Waals surface area (Å²) >= 11 is 15.1. The molecule has 0 bridgehead atoms. The minimum absolute atomic E-state index is 0.0616. The second-order valence-corrected chi connectivity index (χ2v) is 8.51. The normalized spacial score (nSPS) is 18.9. The van der Waals surface area contributed by atoms with Gasteiger partial charge in [-0.15, -0.1) is 0 Å². The number of aliphatic hydroxyl groups is 1. The summed E-state index contributed by atoms with van der Waals surface area (Å²) in [5.74, 6) is -0.813. The zero-order valence-electron chi connectivity index (χ0n) is 13.8. The first-order chi connectivity index (χ1) is 12.5. The Balaban J connectivity index is 1.97. The van der Waals surface area contributed by atoms with Gasteiger partial charge < -0.3 is 5.11 Å². The van der Waals surface area contributed by atoms with Gasteiger partial charge >= 0.3 is 6.18 Å². The molecule has 0 spiro atoms. The molecule has 0 saturated heterocycles. The molecule has 2 nitrogen and oxygen atoms in total. The molecular formula is C19H14BrCl2F3O2. The van der Waals surface area contributed by atoms with Gasteiger partial charge in [-0.25, -0.2) is 0 Å². The number of ketones is 1. The number of carbonyl (C=O) groups is 1. The highest BCUT2D eigenvalue weighted by Crippen LogP contribution is 2.44. The van der Waals surface area contributed by atoms with Crippen LogP contribution in [0.1, 0.15) is 44.7 Å². The van der Waals surface area contributed by atoms with Crippen LogP contribution >= 0.6 is 39.1 Å². The Kier molecular flexibility index (Phi) is 5.65. The van der Waals surface area contributed by atoms with Crippen LogP contribution in [0.4, 0.5) is 13.2 Å². The van der Waals surface area contributed by atoms with E-state index in [9.17, 15) is 23.1 Å². The van der Waals surface area contributed by atoms with Crippen LogP contribution in [-0.2, 0) is 12.0 Å². The molecular weight excluding hydrogens is 468 g/mol. The summed E-state index contributed by atoms with van der Waals surface area (Å²) in [6.45, 7) is 0. The molecule has 1 aliphatic carbocycles. The lowest BCUT2D eigenvalue weighted by atomic mass is 9.86. The quantitative estimate of drug-likeness (QED) is 0.405. The highest BCUT2D eigenvalue weighted by molar-refractivity contribution is 9.09. The Bertz CT molecular complexity index is 881. The molecule has 0 amide bonds. The summed E-state index contributed by atoms with van der Waals surface area (Å²) in [5.41, 5.74) is -1.88.